The van der Waals surface area contributed by atoms with Crippen molar-refractivity contribution < 1.29 is 13.2 Å². The molecule has 1 aliphatic heterocycles. The van der Waals surface area contributed by atoms with Crippen LogP contribution in [0.3, 0.4) is 0 Å². The molecule has 106 valence electrons. The lowest BCUT2D eigenvalue weighted by Gasteiger charge is -2.32. The number of benzene rings is 1. The van der Waals surface area contributed by atoms with Gasteiger partial charge in [0, 0.05) is 24.3 Å². The lowest BCUT2D eigenvalue weighted by molar-refractivity contribution is -0.120. The van der Waals surface area contributed by atoms with E-state index < -0.39 is 12.7 Å². The number of rotatable bonds is 1. The fraction of sp³-hybridized carbons (Fsp3) is 0.571. The van der Waals surface area contributed by atoms with Gasteiger partial charge in [-0.1, -0.05) is 17.7 Å². The van der Waals surface area contributed by atoms with Gasteiger partial charge in [-0.15, -0.1) is 0 Å². The molecular weight excluding hydrogens is 253 g/mol. The molecule has 19 heavy (non-hydrogen) atoms. The monoisotopic (exact) mass is 272 g/mol. The van der Waals surface area contributed by atoms with Gasteiger partial charge in [-0.25, -0.2) is 0 Å². The number of aryl methyl sites for hydroxylation is 1. The van der Waals surface area contributed by atoms with E-state index in [1.54, 1.807) is 6.07 Å². The number of fused-ring (bicyclic) bond motifs is 1. The van der Waals surface area contributed by atoms with Crippen LogP contribution in [0.25, 0.3) is 0 Å². The van der Waals surface area contributed by atoms with Crippen molar-refractivity contribution in [2.75, 3.05) is 18.0 Å². The smallest absolute Gasteiger partial charge is 0.360 e. The topological polar surface area (TPSA) is 15.3 Å². The summed E-state index contributed by atoms with van der Waals surface area (Å²) < 4.78 is 38.2. The Balaban J connectivity index is 2.38. The van der Waals surface area contributed by atoms with Crippen molar-refractivity contribution in [3.63, 3.8) is 0 Å². The van der Waals surface area contributed by atoms with Crippen molar-refractivity contribution in [2.45, 2.75) is 39.0 Å². The highest BCUT2D eigenvalue weighted by atomic mass is 19.4. The molecule has 5 heteroatoms. The molecule has 0 fully saturated rings. The van der Waals surface area contributed by atoms with Crippen LogP contribution >= 0.6 is 0 Å². The van der Waals surface area contributed by atoms with Gasteiger partial charge < -0.3 is 10.2 Å². The van der Waals surface area contributed by atoms with E-state index in [2.05, 4.69) is 5.32 Å². The quantitative estimate of drug-likeness (QED) is 0.844. The van der Waals surface area contributed by atoms with Gasteiger partial charge in [0.05, 0.1) is 0 Å². The molecule has 0 bridgehead atoms. The van der Waals surface area contributed by atoms with E-state index >= 15 is 0 Å². The molecule has 2 rings (SSSR count). The van der Waals surface area contributed by atoms with E-state index in [0.29, 0.717) is 18.8 Å². The highest BCUT2D eigenvalue weighted by Crippen LogP contribution is 2.30. The molecule has 2 nitrogen and oxygen atoms in total. The number of hydrogen-bond acceptors (Lipinski definition) is 2. The van der Waals surface area contributed by atoms with Crippen molar-refractivity contribution in [2.24, 2.45) is 0 Å². The van der Waals surface area contributed by atoms with Crippen LogP contribution in [0.5, 0.6) is 0 Å². The van der Waals surface area contributed by atoms with Crippen molar-refractivity contribution in [1.82, 2.24) is 5.32 Å². The van der Waals surface area contributed by atoms with Gasteiger partial charge in [-0.05, 0) is 32.4 Å². The summed E-state index contributed by atoms with van der Waals surface area (Å²) >= 11 is 0. The summed E-state index contributed by atoms with van der Waals surface area (Å²) in [5.41, 5.74) is 2.32. The normalized spacial score (nSPS) is 18.9. The van der Waals surface area contributed by atoms with Gasteiger partial charge in [0.2, 0.25) is 0 Å². The van der Waals surface area contributed by atoms with E-state index in [-0.39, 0.29) is 5.54 Å². The van der Waals surface area contributed by atoms with Gasteiger partial charge in [-0.2, -0.15) is 13.2 Å². The first-order valence-electron chi connectivity index (χ1n) is 6.33. The van der Waals surface area contributed by atoms with Gasteiger partial charge in [0.1, 0.15) is 6.54 Å². The van der Waals surface area contributed by atoms with Crippen LogP contribution in [-0.4, -0.2) is 24.8 Å². The number of hydrogen-bond donors (Lipinski definition) is 1. The first-order chi connectivity index (χ1) is 8.66. The third kappa shape index (κ3) is 3.62. The summed E-state index contributed by atoms with van der Waals surface area (Å²) in [4.78, 5) is 1.43. The van der Waals surface area contributed by atoms with Gasteiger partial charge in [-0.3, -0.25) is 0 Å². The lowest BCUT2D eigenvalue weighted by atomic mass is 10.1. The molecule has 1 aromatic carbocycles. The molecule has 0 aliphatic carbocycles. The molecular formula is C14H19F3N2. The number of anilines is 1. The Bertz CT molecular complexity index is 466. The van der Waals surface area contributed by atoms with E-state index in [9.17, 15) is 13.2 Å². The molecule has 1 aliphatic rings. The molecule has 0 amide bonds. The van der Waals surface area contributed by atoms with Crippen molar-refractivity contribution in [1.29, 1.82) is 0 Å². The zero-order chi connectivity index (χ0) is 14.3. The molecule has 0 saturated carbocycles. The van der Waals surface area contributed by atoms with Gasteiger partial charge in [0.15, 0.2) is 0 Å². The predicted octanol–water partition coefficient (Wildman–Crippen LogP) is 3.25. The third-order valence-electron chi connectivity index (χ3n) is 3.29. The minimum Gasteiger partial charge on any atom is -0.360 e. The maximum absolute atomic E-state index is 12.7. The van der Waals surface area contributed by atoms with Crippen molar-refractivity contribution >= 4 is 5.69 Å². The van der Waals surface area contributed by atoms with E-state index in [4.69, 9.17) is 0 Å². The summed E-state index contributed by atoms with van der Waals surface area (Å²) in [5, 5.41) is 3.31. The molecule has 0 atom stereocenters. The van der Waals surface area contributed by atoms with Crippen LogP contribution in [0.1, 0.15) is 25.0 Å². The van der Waals surface area contributed by atoms with Crippen molar-refractivity contribution in [3.8, 4) is 0 Å². The maximum atomic E-state index is 12.7. The highest BCUT2D eigenvalue weighted by Gasteiger charge is 2.35. The summed E-state index contributed by atoms with van der Waals surface area (Å²) in [6.07, 6.45) is -4.19. The third-order valence-corrected chi connectivity index (χ3v) is 3.29. The minimum atomic E-state index is -4.19. The number of nitrogens with zero attached hydrogens (tertiary/aromatic N) is 1. The van der Waals surface area contributed by atoms with E-state index in [0.717, 1.165) is 11.1 Å². The Labute approximate surface area is 111 Å². The fourth-order valence-electron chi connectivity index (χ4n) is 2.47. The van der Waals surface area contributed by atoms with E-state index in [1.807, 2.05) is 32.9 Å². The number of alkyl halides is 3. The summed E-state index contributed by atoms with van der Waals surface area (Å²) in [6.45, 7) is 5.82. The number of nitrogens with one attached hydrogen (secondary N) is 1. The first kappa shape index (κ1) is 14.2. The molecule has 0 saturated heterocycles. The second kappa shape index (κ2) is 4.71. The first-order valence-corrected chi connectivity index (χ1v) is 6.33. The molecule has 1 aromatic rings. The van der Waals surface area contributed by atoms with Crippen molar-refractivity contribution in [3.05, 3.63) is 29.3 Å². The van der Waals surface area contributed by atoms with Crippen LogP contribution in [0.15, 0.2) is 18.2 Å². The van der Waals surface area contributed by atoms with Crippen LogP contribution in [0, 0.1) is 6.92 Å². The van der Waals surface area contributed by atoms with Gasteiger partial charge >= 0.3 is 6.18 Å². The SMILES string of the molecule is Cc1ccc2c(c1)CNC(C)(C)CN2CC(F)(F)F. The predicted molar refractivity (Wildman–Crippen MR) is 70.4 cm³/mol. The Morgan fingerprint density at radius 2 is 2.00 bits per heavy atom. The van der Waals surface area contributed by atoms with Crippen LogP contribution in [-0.2, 0) is 6.54 Å². The molecule has 0 spiro atoms. The Kier molecular flexibility index (Phi) is 3.51. The largest absolute Gasteiger partial charge is 0.405 e. The average Bonchev–Trinajstić information content (AvgIpc) is 2.33. The average molecular weight is 272 g/mol. The fourth-order valence-corrected chi connectivity index (χ4v) is 2.47. The second-order valence-corrected chi connectivity index (χ2v) is 5.84. The Hall–Kier alpha value is -1.23. The summed E-state index contributed by atoms with van der Waals surface area (Å²) in [5.74, 6) is 0. The summed E-state index contributed by atoms with van der Waals surface area (Å²) in [7, 11) is 0. The standard InChI is InChI=1S/C14H19F3N2/c1-10-4-5-12-11(6-10)7-18-13(2,3)8-19(12)9-14(15,16)17/h4-6,18H,7-9H2,1-3H3. The van der Waals surface area contributed by atoms with Gasteiger partial charge in [0.25, 0.3) is 0 Å². The second-order valence-electron chi connectivity index (χ2n) is 5.84. The Morgan fingerprint density at radius 3 is 2.63 bits per heavy atom. The maximum Gasteiger partial charge on any atom is 0.405 e. The molecule has 1 N–H and O–H groups in total. The molecule has 1 heterocycles. The van der Waals surface area contributed by atoms with Crippen LogP contribution < -0.4 is 10.2 Å². The Morgan fingerprint density at radius 1 is 1.32 bits per heavy atom. The summed E-state index contributed by atoms with van der Waals surface area (Å²) in [6, 6.07) is 5.60. The molecule has 0 radical (unpaired) electrons. The lowest BCUT2D eigenvalue weighted by Crippen LogP contribution is -2.48. The zero-order valence-electron chi connectivity index (χ0n) is 11.4. The minimum absolute atomic E-state index is 0.336. The molecule has 0 unspecified atom stereocenters. The number of halogens is 3. The van der Waals surface area contributed by atoms with Crippen LogP contribution in [0.2, 0.25) is 0 Å². The zero-order valence-corrected chi connectivity index (χ0v) is 11.4. The molecule has 0 aromatic heterocycles. The highest BCUT2D eigenvalue weighted by molar-refractivity contribution is 5.56. The van der Waals surface area contributed by atoms with Crippen LogP contribution in [0.4, 0.5) is 18.9 Å². The van der Waals surface area contributed by atoms with E-state index in [1.165, 1.54) is 4.90 Å².